The van der Waals surface area contributed by atoms with Crippen LogP contribution in [0.25, 0.3) is 0 Å². The fourth-order valence-electron chi connectivity index (χ4n) is 1.35. The van der Waals surface area contributed by atoms with Gasteiger partial charge in [0.1, 0.15) is 0 Å². The molecule has 2 nitrogen and oxygen atoms in total. The molecule has 76 valence electrons. The van der Waals surface area contributed by atoms with Crippen molar-refractivity contribution in [1.82, 2.24) is 0 Å². The number of benzene rings is 1. The Hall–Kier alpha value is -1.15. The van der Waals surface area contributed by atoms with Crippen LogP contribution in [0.1, 0.15) is 29.3 Å². The molecular formula is C12H16O2. The molecule has 1 N–H and O–H groups in total. The number of rotatable bonds is 4. The number of ketones is 1. The zero-order valence-corrected chi connectivity index (χ0v) is 8.66. The Morgan fingerprint density at radius 3 is 2.36 bits per heavy atom. The summed E-state index contributed by atoms with van der Waals surface area (Å²) in [5.74, 6) is -0.215. The lowest BCUT2D eigenvalue weighted by molar-refractivity contribution is 0.0856. The van der Waals surface area contributed by atoms with Gasteiger partial charge in [-0.15, -0.1) is 0 Å². The van der Waals surface area contributed by atoms with Gasteiger partial charge in [-0.2, -0.15) is 0 Å². The molecule has 0 aliphatic heterocycles. The largest absolute Gasteiger partial charge is 0.396 e. The van der Waals surface area contributed by atoms with Crippen LogP contribution in [0.5, 0.6) is 0 Å². The van der Waals surface area contributed by atoms with E-state index in [0.717, 1.165) is 5.56 Å². The molecule has 0 heterocycles. The van der Waals surface area contributed by atoms with Crippen LogP contribution >= 0.6 is 0 Å². The van der Waals surface area contributed by atoms with Gasteiger partial charge in [-0.1, -0.05) is 36.8 Å². The third-order valence-electron chi connectivity index (χ3n) is 2.42. The molecule has 1 aromatic carbocycles. The van der Waals surface area contributed by atoms with Crippen molar-refractivity contribution < 1.29 is 9.90 Å². The van der Waals surface area contributed by atoms with Crippen molar-refractivity contribution in [2.24, 2.45) is 5.92 Å². The molecule has 2 heteroatoms. The average molecular weight is 192 g/mol. The Morgan fingerprint density at radius 1 is 1.36 bits per heavy atom. The van der Waals surface area contributed by atoms with Gasteiger partial charge in [-0.3, -0.25) is 4.79 Å². The molecule has 0 amide bonds. The minimum absolute atomic E-state index is 0.0370. The summed E-state index contributed by atoms with van der Waals surface area (Å²) < 4.78 is 0. The third-order valence-corrected chi connectivity index (χ3v) is 2.42. The van der Waals surface area contributed by atoms with Crippen molar-refractivity contribution in [3.05, 3.63) is 35.4 Å². The van der Waals surface area contributed by atoms with E-state index in [1.807, 2.05) is 38.1 Å². The highest BCUT2D eigenvalue weighted by Crippen LogP contribution is 2.12. The molecule has 0 radical (unpaired) electrons. The lowest BCUT2D eigenvalue weighted by Crippen LogP contribution is -2.17. The SMILES string of the molecule is CCC(CO)C(=O)c1ccc(C)cc1. The van der Waals surface area contributed by atoms with Crippen molar-refractivity contribution in [2.75, 3.05) is 6.61 Å². The molecule has 0 aromatic heterocycles. The van der Waals surface area contributed by atoms with Crippen LogP contribution in [0.15, 0.2) is 24.3 Å². The Morgan fingerprint density at radius 2 is 1.93 bits per heavy atom. The van der Waals surface area contributed by atoms with Gasteiger partial charge in [-0.05, 0) is 13.3 Å². The minimum Gasteiger partial charge on any atom is -0.396 e. The zero-order chi connectivity index (χ0) is 10.6. The quantitative estimate of drug-likeness (QED) is 0.742. The molecular weight excluding hydrogens is 176 g/mol. The van der Waals surface area contributed by atoms with Crippen LogP contribution in [0.4, 0.5) is 0 Å². The number of hydrogen-bond donors (Lipinski definition) is 1. The monoisotopic (exact) mass is 192 g/mol. The van der Waals surface area contributed by atoms with Crippen LogP contribution in [-0.4, -0.2) is 17.5 Å². The summed E-state index contributed by atoms with van der Waals surface area (Å²) in [5, 5.41) is 8.99. The number of aliphatic hydroxyl groups is 1. The fraction of sp³-hybridized carbons (Fsp3) is 0.417. The first-order valence-corrected chi connectivity index (χ1v) is 4.90. The first kappa shape index (κ1) is 10.9. The van der Waals surface area contributed by atoms with E-state index in [1.165, 1.54) is 0 Å². The average Bonchev–Trinajstić information content (AvgIpc) is 2.20. The van der Waals surface area contributed by atoms with Crippen molar-refractivity contribution in [2.45, 2.75) is 20.3 Å². The highest BCUT2D eigenvalue weighted by Gasteiger charge is 2.16. The van der Waals surface area contributed by atoms with Crippen molar-refractivity contribution in [1.29, 1.82) is 0 Å². The zero-order valence-electron chi connectivity index (χ0n) is 8.66. The number of aryl methyl sites for hydroxylation is 1. The molecule has 14 heavy (non-hydrogen) atoms. The van der Waals surface area contributed by atoms with Gasteiger partial charge in [0.05, 0.1) is 6.61 Å². The summed E-state index contributed by atoms with van der Waals surface area (Å²) in [6.45, 7) is 3.83. The van der Waals surface area contributed by atoms with Crippen molar-refractivity contribution in [3.8, 4) is 0 Å². The number of hydrogen-bond acceptors (Lipinski definition) is 2. The van der Waals surface area contributed by atoms with Crippen molar-refractivity contribution >= 4 is 5.78 Å². The first-order valence-electron chi connectivity index (χ1n) is 4.90. The predicted octanol–water partition coefficient (Wildman–Crippen LogP) is 2.20. The van der Waals surface area contributed by atoms with Gasteiger partial charge < -0.3 is 5.11 Å². The topological polar surface area (TPSA) is 37.3 Å². The second kappa shape index (κ2) is 4.91. The Kier molecular flexibility index (Phi) is 3.84. The summed E-state index contributed by atoms with van der Waals surface area (Å²) in [6.07, 6.45) is 0.684. The highest BCUT2D eigenvalue weighted by molar-refractivity contribution is 5.97. The van der Waals surface area contributed by atoms with Gasteiger partial charge >= 0.3 is 0 Å². The minimum atomic E-state index is -0.252. The van der Waals surface area contributed by atoms with E-state index >= 15 is 0 Å². The fourth-order valence-corrected chi connectivity index (χ4v) is 1.35. The number of Topliss-reactive ketones (excluding diaryl/α,β-unsaturated/α-hetero) is 1. The van der Waals surface area contributed by atoms with E-state index in [1.54, 1.807) is 0 Å². The lowest BCUT2D eigenvalue weighted by Gasteiger charge is -2.09. The number of aliphatic hydroxyl groups excluding tert-OH is 1. The normalized spacial score (nSPS) is 12.5. The summed E-state index contributed by atoms with van der Waals surface area (Å²) >= 11 is 0. The summed E-state index contributed by atoms with van der Waals surface area (Å²) in [5.41, 5.74) is 1.83. The Labute approximate surface area is 84.6 Å². The maximum atomic E-state index is 11.8. The number of carbonyl (C=O) groups is 1. The molecule has 1 unspecified atom stereocenters. The maximum absolute atomic E-state index is 11.8. The molecule has 0 bridgehead atoms. The molecule has 0 spiro atoms. The lowest BCUT2D eigenvalue weighted by atomic mass is 9.96. The van der Waals surface area contributed by atoms with Crippen LogP contribution in [-0.2, 0) is 0 Å². The smallest absolute Gasteiger partial charge is 0.168 e. The molecule has 0 aliphatic carbocycles. The van der Waals surface area contributed by atoms with Gasteiger partial charge in [0.25, 0.3) is 0 Å². The van der Waals surface area contributed by atoms with Crippen LogP contribution in [0, 0.1) is 12.8 Å². The Bertz CT molecular complexity index is 297. The molecule has 1 atom stereocenters. The van der Waals surface area contributed by atoms with Gasteiger partial charge in [0.2, 0.25) is 0 Å². The van der Waals surface area contributed by atoms with Crippen LogP contribution < -0.4 is 0 Å². The molecule has 0 saturated heterocycles. The second-order valence-corrected chi connectivity index (χ2v) is 3.52. The number of carbonyl (C=O) groups excluding carboxylic acids is 1. The summed E-state index contributed by atoms with van der Waals surface area (Å²) in [4.78, 5) is 11.8. The van der Waals surface area contributed by atoms with E-state index in [0.29, 0.717) is 12.0 Å². The van der Waals surface area contributed by atoms with Crippen LogP contribution in [0.2, 0.25) is 0 Å². The maximum Gasteiger partial charge on any atom is 0.168 e. The third kappa shape index (κ3) is 2.42. The standard InChI is InChI=1S/C12H16O2/c1-3-10(8-13)12(14)11-6-4-9(2)5-7-11/h4-7,10,13H,3,8H2,1-2H3. The predicted molar refractivity (Wildman–Crippen MR) is 56.4 cm³/mol. The van der Waals surface area contributed by atoms with Gasteiger partial charge in [-0.25, -0.2) is 0 Å². The van der Waals surface area contributed by atoms with E-state index in [-0.39, 0.29) is 18.3 Å². The van der Waals surface area contributed by atoms with E-state index in [4.69, 9.17) is 5.11 Å². The van der Waals surface area contributed by atoms with Crippen LogP contribution in [0.3, 0.4) is 0 Å². The van der Waals surface area contributed by atoms with E-state index in [2.05, 4.69) is 0 Å². The molecule has 1 rings (SSSR count). The summed E-state index contributed by atoms with van der Waals surface area (Å²) in [6, 6.07) is 7.46. The highest BCUT2D eigenvalue weighted by atomic mass is 16.3. The van der Waals surface area contributed by atoms with E-state index < -0.39 is 0 Å². The first-order chi connectivity index (χ1) is 6.69. The molecule has 0 aliphatic rings. The van der Waals surface area contributed by atoms with Gasteiger partial charge in [0.15, 0.2) is 5.78 Å². The molecule has 0 fully saturated rings. The van der Waals surface area contributed by atoms with Gasteiger partial charge in [0, 0.05) is 11.5 Å². The molecule has 0 saturated carbocycles. The van der Waals surface area contributed by atoms with E-state index in [9.17, 15) is 4.79 Å². The summed E-state index contributed by atoms with van der Waals surface area (Å²) in [7, 11) is 0. The Balaban J connectivity index is 2.83. The molecule has 1 aromatic rings. The second-order valence-electron chi connectivity index (χ2n) is 3.52. The van der Waals surface area contributed by atoms with Crippen molar-refractivity contribution in [3.63, 3.8) is 0 Å².